The molecule has 0 bridgehead atoms. The first-order valence-electron chi connectivity index (χ1n) is 14.5. The first-order chi connectivity index (χ1) is 18.8. The molecule has 5 N–H and O–H groups in total. The Morgan fingerprint density at radius 1 is 1.02 bits per heavy atom. The second kappa shape index (κ2) is 20.0. The number of nitrogens with two attached hydrogens (primary N) is 1. The largest absolute Gasteiger partial charge is 0.493 e. The molecule has 0 aliphatic heterocycles. The van der Waals surface area contributed by atoms with E-state index in [-0.39, 0.29) is 48.5 Å². The van der Waals surface area contributed by atoms with Gasteiger partial charge in [-0.2, -0.15) is 0 Å². The number of ether oxygens (including phenoxy) is 3. The van der Waals surface area contributed by atoms with E-state index in [1.807, 2.05) is 12.1 Å². The number of halogens is 1. The number of para-hydroxylation sites is 1. The summed E-state index contributed by atoms with van der Waals surface area (Å²) in [6.45, 7) is 5.82. The van der Waals surface area contributed by atoms with Crippen LogP contribution in [0.3, 0.4) is 0 Å². The zero-order chi connectivity index (χ0) is 28.6. The molecule has 1 aromatic rings. The summed E-state index contributed by atoms with van der Waals surface area (Å²) >= 11 is 0. The summed E-state index contributed by atoms with van der Waals surface area (Å²) in [5, 5.41) is 16.6. The van der Waals surface area contributed by atoms with Gasteiger partial charge in [0.15, 0.2) is 0 Å². The van der Waals surface area contributed by atoms with Crippen molar-refractivity contribution in [3.63, 3.8) is 0 Å². The molecule has 1 aliphatic carbocycles. The van der Waals surface area contributed by atoms with Crippen molar-refractivity contribution in [2.24, 2.45) is 23.5 Å². The van der Waals surface area contributed by atoms with E-state index in [4.69, 9.17) is 19.9 Å². The Labute approximate surface area is 246 Å². The number of carbonyl (C=O) groups is 2. The van der Waals surface area contributed by atoms with E-state index < -0.39 is 18.2 Å². The molecule has 1 saturated carbocycles. The lowest BCUT2D eigenvalue weighted by Crippen LogP contribution is -2.49. The minimum Gasteiger partial charge on any atom is -0.493 e. The van der Waals surface area contributed by atoms with Crippen molar-refractivity contribution in [3.8, 4) is 5.75 Å². The predicted octanol–water partition coefficient (Wildman–Crippen LogP) is 3.71. The number of unbranched alkanes of at least 4 members (excludes halogenated alkanes) is 1. The Kier molecular flexibility index (Phi) is 18.1. The Morgan fingerprint density at radius 2 is 1.70 bits per heavy atom. The number of benzene rings is 1. The van der Waals surface area contributed by atoms with Gasteiger partial charge in [0, 0.05) is 40.0 Å². The molecule has 1 aromatic carbocycles. The monoisotopic (exact) mass is 585 g/mol. The van der Waals surface area contributed by atoms with Crippen LogP contribution in [-0.2, 0) is 14.3 Å². The zero-order valence-electron chi connectivity index (χ0n) is 24.7. The average Bonchev–Trinajstić information content (AvgIpc) is 2.94. The summed E-state index contributed by atoms with van der Waals surface area (Å²) in [6.07, 6.45) is 6.25. The lowest BCUT2D eigenvalue weighted by Gasteiger charge is -2.30. The van der Waals surface area contributed by atoms with Gasteiger partial charge in [-0.3, -0.25) is 9.59 Å². The lowest BCUT2D eigenvalue weighted by atomic mass is 9.84. The molecule has 0 saturated heterocycles. The second-order valence-corrected chi connectivity index (χ2v) is 11.0. The second-order valence-electron chi connectivity index (χ2n) is 11.0. The first kappa shape index (κ1) is 36.1. The average molecular weight is 586 g/mol. The van der Waals surface area contributed by atoms with Crippen LogP contribution >= 0.6 is 12.4 Å². The Hall–Kier alpha value is -1.91. The van der Waals surface area contributed by atoms with Crippen LogP contribution in [0.25, 0.3) is 0 Å². The van der Waals surface area contributed by atoms with Gasteiger partial charge >= 0.3 is 0 Å². The topological polar surface area (TPSA) is 132 Å². The van der Waals surface area contributed by atoms with Crippen LogP contribution in [0.2, 0.25) is 0 Å². The number of rotatable bonds is 18. The fourth-order valence-electron chi connectivity index (χ4n) is 5.14. The zero-order valence-corrected chi connectivity index (χ0v) is 25.5. The minimum absolute atomic E-state index is 0. The van der Waals surface area contributed by atoms with Crippen LogP contribution in [0.1, 0.15) is 75.6 Å². The molecule has 0 unspecified atom stereocenters. The Balaban J connectivity index is 0.00000800. The van der Waals surface area contributed by atoms with Crippen molar-refractivity contribution in [2.75, 3.05) is 40.5 Å². The molecule has 4 atom stereocenters. The summed E-state index contributed by atoms with van der Waals surface area (Å²) in [6, 6.07) is 6.67. The maximum Gasteiger partial charge on any atom is 0.255 e. The highest BCUT2D eigenvalue weighted by molar-refractivity contribution is 5.96. The van der Waals surface area contributed by atoms with Crippen molar-refractivity contribution in [2.45, 2.75) is 83.5 Å². The molecule has 0 spiro atoms. The van der Waals surface area contributed by atoms with Crippen LogP contribution in [0.15, 0.2) is 24.3 Å². The van der Waals surface area contributed by atoms with Crippen LogP contribution < -0.4 is 21.1 Å². The summed E-state index contributed by atoms with van der Waals surface area (Å²) in [5.41, 5.74) is 6.84. The van der Waals surface area contributed by atoms with Crippen LogP contribution in [-0.4, -0.2) is 75.7 Å². The van der Waals surface area contributed by atoms with Crippen LogP contribution in [0, 0.1) is 17.8 Å². The number of hydrogen-bond donors (Lipinski definition) is 4. The highest BCUT2D eigenvalue weighted by Gasteiger charge is 2.30. The standard InChI is InChI=1S/C30H51N3O6.ClH/c1-21(2)23(19-32-29(35)24-14-8-9-15-27(24)39-17-11-10-16-37-3)18-25(31)26(34)20-33-30(36)28(38-4)22-12-6-5-7-13-22;/h8-9,14-15,21-23,25-26,28,34H,5-7,10-13,16-20,31H2,1-4H3,(H,32,35)(H,33,36);1H/t23-,25+,26+,28-;/m1./s1. The molecule has 230 valence electrons. The van der Waals surface area contributed by atoms with Gasteiger partial charge in [0.25, 0.3) is 5.91 Å². The third-order valence-electron chi connectivity index (χ3n) is 7.74. The van der Waals surface area contributed by atoms with Crippen LogP contribution in [0.5, 0.6) is 5.75 Å². The summed E-state index contributed by atoms with van der Waals surface area (Å²) in [4.78, 5) is 25.7. The molecule has 10 heteroatoms. The van der Waals surface area contributed by atoms with Gasteiger partial charge in [0.1, 0.15) is 11.9 Å². The molecule has 40 heavy (non-hydrogen) atoms. The summed E-state index contributed by atoms with van der Waals surface area (Å²) in [7, 11) is 3.24. The van der Waals surface area contributed by atoms with E-state index in [0.717, 1.165) is 38.5 Å². The smallest absolute Gasteiger partial charge is 0.255 e. The van der Waals surface area contributed by atoms with Gasteiger partial charge in [-0.15, -0.1) is 12.4 Å². The van der Waals surface area contributed by atoms with E-state index in [0.29, 0.717) is 37.5 Å². The number of amides is 2. The number of nitrogens with one attached hydrogen (secondary N) is 2. The van der Waals surface area contributed by atoms with Crippen molar-refractivity contribution in [3.05, 3.63) is 29.8 Å². The minimum atomic E-state index is -0.901. The predicted molar refractivity (Wildman–Crippen MR) is 160 cm³/mol. The normalized spacial score (nSPS) is 16.9. The fraction of sp³-hybridized carbons (Fsp3) is 0.733. The van der Waals surface area contributed by atoms with Gasteiger partial charge in [-0.1, -0.05) is 45.2 Å². The highest BCUT2D eigenvalue weighted by atomic mass is 35.5. The number of aliphatic hydroxyl groups is 1. The maximum atomic E-state index is 13.0. The van der Waals surface area contributed by atoms with E-state index in [1.54, 1.807) is 26.4 Å². The number of hydrogen-bond acceptors (Lipinski definition) is 7. The molecule has 0 radical (unpaired) electrons. The van der Waals surface area contributed by atoms with E-state index in [9.17, 15) is 14.7 Å². The molecule has 1 aliphatic rings. The van der Waals surface area contributed by atoms with E-state index >= 15 is 0 Å². The van der Waals surface area contributed by atoms with Crippen molar-refractivity contribution >= 4 is 24.2 Å². The molecule has 1 fully saturated rings. The molecular formula is C30H52ClN3O6. The molecule has 2 amide bonds. The maximum absolute atomic E-state index is 13.0. The first-order valence-corrected chi connectivity index (χ1v) is 14.5. The lowest BCUT2D eigenvalue weighted by molar-refractivity contribution is -0.135. The van der Waals surface area contributed by atoms with Gasteiger partial charge in [-0.25, -0.2) is 0 Å². The Morgan fingerprint density at radius 3 is 2.35 bits per heavy atom. The van der Waals surface area contributed by atoms with Gasteiger partial charge in [0.2, 0.25) is 5.91 Å². The van der Waals surface area contributed by atoms with Crippen molar-refractivity contribution in [1.82, 2.24) is 10.6 Å². The van der Waals surface area contributed by atoms with Gasteiger partial charge in [-0.05, 0) is 62.0 Å². The third-order valence-corrected chi connectivity index (χ3v) is 7.74. The van der Waals surface area contributed by atoms with Gasteiger partial charge < -0.3 is 35.7 Å². The highest BCUT2D eigenvalue weighted by Crippen LogP contribution is 2.28. The van der Waals surface area contributed by atoms with Crippen molar-refractivity contribution in [1.29, 1.82) is 0 Å². The van der Waals surface area contributed by atoms with E-state index in [2.05, 4.69) is 24.5 Å². The SMILES string of the molecule is COCCCCOc1ccccc1C(=O)NC[C@@H](C[C@H](N)[C@@H](O)CNC(=O)[C@H](OC)C1CCCCC1)C(C)C.Cl. The van der Waals surface area contributed by atoms with E-state index in [1.165, 1.54) is 6.42 Å². The number of methoxy groups -OCH3 is 2. The van der Waals surface area contributed by atoms with Gasteiger partial charge in [0.05, 0.1) is 18.3 Å². The molecule has 0 heterocycles. The molecule has 0 aromatic heterocycles. The molecular weight excluding hydrogens is 534 g/mol. The third kappa shape index (κ3) is 12.3. The number of aliphatic hydroxyl groups excluding tert-OH is 1. The molecule has 9 nitrogen and oxygen atoms in total. The Bertz CT molecular complexity index is 852. The quantitative estimate of drug-likeness (QED) is 0.193. The number of carbonyl (C=O) groups excluding carboxylic acids is 2. The van der Waals surface area contributed by atoms with Crippen LogP contribution in [0.4, 0.5) is 0 Å². The van der Waals surface area contributed by atoms with Crippen molar-refractivity contribution < 1.29 is 28.9 Å². The summed E-state index contributed by atoms with van der Waals surface area (Å²) in [5.74, 6) is 0.652. The molecule has 2 rings (SSSR count). The summed E-state index contributed by atoms with van der Waals surface area (Å²) < 4.78 is 16.4. The fourth-order valence-corrected chi connectivity index (χ4v) is 5.14.